The van der Waals surface area contributed by atoms with E-state index in [0.717, 1.165) is 103 Å². The average molecular weight is 956 g/mol. The molecule has 0 atom stereocenters. The monoisotopic (exact) mass is 956 g/mol. The number of hydrogen-bond acceptors (Lipinski definition) is 17. The number of nitrogens with zero attached hydrogens (tertiary/aromatic N) is 1. The molecule has 0 bridgehead atoms. The minimum absolute atomic E-state index is 0.00986. The quantitative estimate of drug-likeness (QED) is 0.0209. The molecule has 2 N–H and O–H groups in total. The van der Waals surface area contributed by atoms with Gasteiger partial charge < -0.3 is 53.4 Å². The molecule has 0 aliphatic rings. The Balaban J connectivity index is 2.54. The first kappa shape index (κ1) is 61.4. The number of rotatable bonds is 48. The van der Waals surface area contributed by atoms with Crippen molar-refractivity contribution < 1.29 is 57.1 Å². The van der Waals surface area contributed by atoms with E-state index in [0.29, 0.717) is 58.8 Å². The van der Waals surface area contributed by atoms with Crippen molar-refractivity contribution in [2.75, 3.05) is 96.7 Å². The van der Waals surface area contributed by atoms with Gasteiger partial charge >= 0.3 is 23.9 Å². The number of hydrogen-bond donors (Lipinski definition) is 2. The summed E-state index contributed by atoms with van der Waals surface area (Å²) in [6.45, 7) is 11.9. The fourth-order valence-electron chi connectivity index (χ4n) is 6.94. The van der Waals surface area contributed by atoms with Crippen LogP contribution >= 0.6 is 0 Å². The maximum atomic E-state index is 12.7. The van der Waals surface area contributed by atoms with E-state index in [2.05, 4.69) is 38.3 Å². The van der Waals surface area contributed by atoms with E-state index in [4.69, 9.17) is 37.9 Å². The molecule has 0 unspecified atom stereocenters. The zero-order chi connectivity index (χ0) is 49.2. The van der Waals surface area contributed by atoms with Crippen molar-refractivity contribution in [3.8, 4) is 0 Å². The lowest BCUT2D eigenvalue weighted by molar-refractivity contribution is -0.161. The fraction of sp³-hybridized carbons (Fsp3) is 0.840. The largest absolute Gasteiger partial charge is 0.462 e. The predicted molar refractivity (Wildman–Crippen MR) is 260 cm³/mol. The Kier molecular flexibility index (Phi) is 38.9. The van der Waals surface area contributed by atoms with Crippen LogP contribution in [0, 0.1) is 0 Å². The second-order valence-corrected chi connectivity index (χ2v) is 16.8. The SMILES string of the molecule is CCCCCCOC(CCC(=O)OCCOC(=O)CCN(CCCNc1c(NC)c(=O)c1=O)CCC(=O)OCCOC(=O)CCC(OCCCCCC)OCCCCCC)OCCCCCC. The molecule has 0 spiro atoms. The first-order chi connectivity index (χ1) is 32.6. The van der Waals surface area contributed by atoms with E-state index in [1.165, 1.54) is 0 Å². The number of carbonyl (C=O) groups excluding carboxylic acids is 4. The molecule has 0 fully saturated rings. The highest BCUT2D eigenvalue weighted by molar-refractivity contribution is 5.73. The zero-order valence-electron chi connectivity index (χ0n) is 42.1. The molecule has 1 aromatic carbocycles. The fourth-order valence-corrected chi connectivity index (χ4v) is 6.94. The molecule has 0 aliphatic heterocycles. The molecule has 17 nitrogen and oxygen atoms in total. The minimum Gasteiger partial charge on any atom is -0.462 e. The molecule has 1 rings (SSSR count). The third kappa shape index (κ3) is 32.7. The molecule has 0 aliphatic carbocycles. The normalized spacial score (nSPS) is 11.5. The molecule has 0 saturated carbocycles. The van der Waals surface area contributed by atoms with Crippen molar-refractivity contribution in [2.45, 2.75) is 188 Å². The van der Waals surface area contributed by atoms with E-state index >= 15 is 0 Å². The second-order valence-electron chi connectivity index (χ2n) is 16.8. The van der Waals surface area contributed by atoms with Gasteiger partial charge in [-0.2, -0.15) is 0 Å². The number of esters is 4. The van der Waals surface area contributed by atoms with Crippen molar-refractivity contribution in [2.24, 2.45) is 0 Å². The summed E-state index contributed by atoms with van der Waals surface area (Å²) in [6.07, 6.45) is 17.8. The van der Waals surface area contributed by atoms with Gasteiger partial charge in [-0.3, -0.25) is 28.8 Å². The van der Waals surface area contributed by atoms with Crippen molar-refractivity contribution in [3.05, 3.63) is 20.4 Å². The molecule has 0 amide bonds. The lowest BCUT2D eigenvalue weighted by atomic mass is 10.2. The number of carbonyl (C=O) groups is 4. The number of anilines is 2. The Morgan fingerprint density at radius 1 is 0.433 bits per heavy atom. The van der Waals surface area contributed by atoms with Crippen LogP contribution in [-0.2, 0) is 57.1 Å². The van der Waals surface area contributed by atoms with Crippen LogP contribution in [-0.4, -0.2) is 127 Å². The standard InChI is InChI=1S/C50H89N3O14/c1-6-10-14-18-33-64-45(65-34-19-15-11-7-2)25-23-41(54)60-37-39-62-43(56)27-31-53(30-22-29-52-48-47(51-5)49(58)50(48)59)32-28-44(57)63-40-38-61-42(55)24-26-46(66-35-20-16-12-8-3)67-36-21-17-13-9-4/h45-46,51-52H,6-40H2,1-5H3. The Morgan fingerprint density at radius 2 is 0.776 bits per heavy atom. The summed E-state index contributed by atoms with van der Waals surface area (Å²) in [5, 5.41) is 5.72. The summed E-state index contributed by atoms with van der Waals surface area (Å²) < 4.78 is 45.0. The van der Waals surface area contributed by atoms with Crippen molar-refractivity contribution in [1.29, 1.82) is 0 Å². The van der Waals surface area contributed by atoms with Gasteiger partial charge in [0.05, 0.1) is 25.7 Å². The molecular formula is C50H89N3O14. The van der Waals surface area contributed by atoms with Gasteiger partial charge in [-0.05, 0) is 38.6 Å². The Hall–Kier alpha value is -3.64. The van der Waals surface area contributed by atoms with Gasteiger partial charge in [0.1, 0.15) is 37.8 Å². The first-order valence-electron chi connectivity index (χ1n) is 25.7. The molecule has 0 radical (unpaired) electrons. The van der Waals surface area contributed by atoms with E-state index < -0.39 is 47.3 Å². The summed E-state index contributed by atoms with van der Waals surface area (Å²) in [4.78, 5) is 76.0. The van der Waals surface area contributed by atoms with Crippen molar-refractivity contribution in [1.82, 2.24) is 4.90 Å². The second kappa shape index (κ2) is 42.5. The molecule has 388 valence electrons. The summed E-state index contributed by atoms with van der Waals surface area (Å²) in [5.74, 6) is -1.85. The molecular weight excluding hydrogens is 867 g/mol. The van der Waals surface area contributed by atoms with Crippen LogP contribution in [0.15, 0.2) is 9.59 Å². The molecule has 67 heavy (non-hydrogen) atoms. The van der Waals surface area contributed by atoms with E-state index in [-0.39, 0.29) is 76.6 Å². The minimum atomic E-state index is -0.579. The lowest BCUT2D eigenvalue weighted by Gasteiger charge is -2.22. The molecule has 0 saturated heterocycles. The predicted octanol–water partition coefficient (Wildman–Crippen LogP) is 7.98. The van der Waals surface area contributed by atoms with Crippen LogP contribution in [0.5, 0.6) is 0 Å². The van der Waals surface area contributed by atoms with Crippen molar-refractivity contribution >= 4 is 35.3 Å². The average Bonchev–Trinajstić information content (AvgIpc) is 3.32. The summed E-state index contributed by atoms with van der Waals surface area (Å²) in [5.41, 5.74) is -0.666. The molecule has 0 heterocycles. The number of unbranched alkanes of at least 4 members (excludes halogenated alkanes) is 12. The highest BCUT2D eigenvalue weighted by atomic mass is 16.7. The Bertz CT molecular complexity index is 1390. The molecule has 17 heteroatoms. The van der Waals surface area contributed by atoms with Crippen LogP contribution in [0.25, 0.3) is 0 Å². The Labute approximate surface area is 401 Å². The summed E-state index contributed by atoms with van der Waals surface area (Å²) in [6, 6.07) is 0. The van der Waals surface area contributed by atoms with Crippen LogP contribution < -0.4 is 21.5 Å². The van der Waals surface area contributed by atoms with Gasteiger partial charge in [0.2, 0.25) is 0 Å². The van der Waals surface area contributed by atoms with Gasteiger partial charge in [-0.25, -0.2) is 0 Å². The maximum Gasteiger partial charge on any atom is 0.307 e. The Morgan fingerprint density at radius 3 is 1.12 bits per heavy atom. The number of nitrogens with one attached hydrogen (secondary N) is 2. The van der Waals surface area contributed by atoms with Crippen LogP contribution in [0.1, 0.15) is 175 Å². The highest BCUT2D eigenvalue weighted by Gasteiger charge is 2.20. The van der Waals surface area contributed by atoms with Gasteiger partial charge in [-0.1, -0.05) is 105 Å². The van der Waals surface area contributed by atoms with E-state index in [1.807, 2.05) is 4.90 Å². The van der Waals surface area contributed by atoms with E-state index in [1.54, 1.807) is 7.05 Å². The van der Waals surface area contributed by atoms with Gasteiger partial charge in [-0.15, -0.1) is 0 Å². The van der Waals surface area contributed by atoms with E-state index in [9.17, 15) is 28.8 Å². The number of ether oxygens (including phenoxy) is 8. The van der Waals surface area contributed by atoms with Gasteiger partial charge in [0.25, 0.3) is 10.9 Å². The zero-order valence-corrected chi connectivity index (χ0v) is 42.1. The smallest absolute Gasteiger partial charge is 0.307 e. The first-order valence-corrected chi connectivity index (χ1v) is 25.7. The van der Waals surface area contributed by atoms with Crippen LogP contribution in [0.4, 0.5) is 11.4 Å². The summed E-state index contributed by atoms with van der Waals surface area (Å²) in [7, 11) is 1.57. The third-order valence-corrected chi connectivity index (χ3v) is 11.0. The van der Waals surface area contributed by atoms with Crippen molar-refractivity contribution in [3.63, 3.8) is 0 Å². The van der Waals surface area contributed by atoms with Gasteiger partial charge in [0, 0.05) is 66.0 Å². The third-order valence-electron chi connectivity index (χ3n) is 11.0. The molecule has 1 aromatic rings. The van der Waals surface area contributed by atoms with Crippen LogP contribution in [0.2, 0.25) is 0 Å². The molecule has 0 aromatic heterocycles. The lowest BCUT2D eigenvalue weighted by Crippen LogP contribution is -2.37. The van der Waals surface area contributed by atoms with Crippen LogP contribution in [0.3, 0.4) is 0 Å². The highest BCUT2D eigenvalue weighted by Crippen LogP contribution is 2.14. The summed E-state index contributed by atoms with van der Waals surface area (Å²) >= 11 is 0. The maximum absolute atomic E-state index is 12.7. The van der Waals surface area contributed by atoms with Gasteiger partial charge in [0.15, 0.2) is 12.6 Å². The topological polar surface area (TPSA) is 204 Å².